The minimum atomic E-state index is -0.310. The molecule has 0 N–H and O–H groups in total. The molecule has 0 radical (unpaired) electrons. The number of hydrogen-bond acceptors (Lipinski definition) is 3. The molecule has 0 aromatic heterocycles. The van der Waals surface area contributed by atoms with E-state index < -0.39 is 0 Å². The summed E-state index contributed by atoms with van der Waals surface area (Å²) in [5.41, 5.74) is 0.853. The molecule has 4 heteroatoms. The van der Waals surface area contributed by atoms with Crippen LogP contribution in [0.4, 0.5) is 4.79 Å². The lowest BCUT2D eigenvalue weighted by atomic mass is 9.91. The lowest BCUT2D eigenvalue weighted by Crippen LogP contribution is -2.50. The number of amides is 1. The van der Waals surface area contributed by atoms with Crippen LogP contribution in [0.25, 0.3) is 0 Å². The molecule has 2 atom stereocenters. The summed E-state index contributed by atoms with van der Waals surface area (Å²) in [7, 11) is 0. The molecule has 2 aromatic carbocycles. The molecule has 1 amide bonds. The Labute approximate surface area is 155 Å². The minimum Gasteiger partial charge on any atom is -0.410 e. The Hall–Kier alpha value is -2.33. The van der Waals surface area contributed by atoms with E-state index in [0.29, 0.717) is 12.4 Å². The van der Waals surface area contributed by atoms with Crippen molar-refractivity contribution >= 4 is 6.09 Å². The van der Waals surface area contributed by atoms with E-state index in [-0.39, 0.29) is 23.8 Å². The zero-order chi connectivity index (χ0) is 18.6. The van der Waals surface area contributed by atoms with Crippen LogP contribution in [0, 0.1) is 0 Å². The third kappa shape index (κ3) is 4.44. The fraction of sp³-hybridized carbons (Fsp3) is 0.409. The Balaban J connectivity index is 1.86. The molecule has 26 heavy (non-hydrogen) atoms. The number of nitrogens with zero attached hydrogens (tertiary/aromatic N) is 1. The molecular formula is C22H27NO3. The van der Waals surface area contributed by atoms with Crippen molar-refractivity contribution in [3.63, 3.8) is 0 Å². The van der Waals surface area contributed by atoms with E-state index in [2.05, 4.69) is 32.9 Å². The SMILES string of the molecule is C[C@H](c1ccccc1)N(C(=O)Oc1ccccc1)[C@@H]1CCOC(C)(C)C1. The average Bonchev–Trinajstić information content (AvgIpc) is 2.62. The van der Waals surface area contributed by atoms with Crippen molar-refractivity contribution in [2.45, 2.75) is 51.3 Å². The van der Waals surface area contributed by atoms with Crippen LogP contribution in [0.3, 0.4) is 0 Å². The van der Waals surface area contributed by atoms with E-state index in [1.807, 2.05) is 41.3 Å². The summed E-state index contributed by atoms with van der Waals surface area (Å²) in [6, 6.07) is 19.3. The quantitative estimate of drug-likeness (QED) is 0.758. The number of rotatable bonds is 4. The summed E-state index contributed by atoms with van der Waals surface area (Å²) >= 11 is 0. The maximum atomic E-state index is 13.1. The molecule has 1 heterocycles. The van der Waals surface area contributed by atoms with Crippen LogP contribution < -0.4 is 4.74 Å². The average molecular weight is 353 g/mol. The largest absolute Gasteiger partial charge is 0.415 e. The van der Waals surface area contributed by atoms with Crippen LogP contribution in [0.1, 0.15) is 45.2 Å². The molecule has 1 aliphatic heterocycles. The van der Waals surface area contributed by atoms with E-state index >= 15 is 0 Å². The highest BCUT2D eigenvalue weighted by Crippen LogP contribution is 2.33. The van der Waals surface area contributed by atoms with Gasteiger partial charge in [0.15, 0.2) is 0 Å². The molecule has 0 unspecified atom stereocenters. The summed E-state index contributed by atoms with van der Waals surface area (Å²) in [4.78, 5) is 15.0. The zero-order valence-corrected chi connectivity index (χ0v) is 15.7. The topological polar surface area (TPSA) is 38.8 Å². The van der Waals surface area contributed by atoms with Gasteiger partial charge in [-0.3, -0.25) is 4.90 Å². The molecule has 0 saturated carbocycles. The van der Waals surface area contributed by atoms with E-state index in [9.17, 15) is 4.79 Å². The van der Waals surface area contributed by atoms with Crippen molar-refractivity contribution in [3.8, 4) is 5.75 Å². The first-order valence-electron chi connectivity index (χ1n) is 9.20. The van der Waals surface area contributed by atoms with E-state index in [1.165, 1.54) is 0 Å². The van der Waals surface area contributed by atoms with Crippen molar-refractivity contribution in [1.82, 2.24) is 4.90 Å². The molecule has 1 saturated heterocycles. The van der Waals surface area contributed by atoms with Crippen LogP contribution in [0.15, 0.2) is 60.7 Å². The maximum Gasteiger partial charge on any atom is 0.415 e. The van der Waals surface area contributed by atoms with Crippen LogP contribution in [0.2, 0.25) is 0 Å². The van der Waals surface area contributed by atoms with Gasteiger partial charge in [-0.15, -0.1) is 0 Å². The molecule has 0 spiro atoms. The Morgan fingerprint density at radius 2 is 1.73 bits per heavy atom. The first kappa shape index (κ1) is 18.5. The van der Waals surface area contributed by atoms with Crippen molar-refractivity contribution < 1.29 is 14.3 Å². The van der Waals surface area contributed by atoms with Gasteiger partial charge in [-0.25, -0.2) is 4.79 Å². The van der Waals surface area contributed by atoms with Crippen LogP contribution in [-0.4, -0.2) is 29.2 Å². The summed E-state index contributed by atoms with van der Waals surface area (Å²) in [6.45, 7) is 6.86. The third-order valence-electron chi connectivity index (χ3n) is 4.92. The number of ether oxygens (including phenoxy) is 2. The van der Waals surface area contributed by atoms with Gasteiger partial charge in [0.25, 0.3) is 0 Å². The Morgan fingerprint density at radius 3 is 2.35 bits per heavy atom. The lowest BCUT2D eigenvalue weighted by molar-refractivity contribution is -0.0830. The normalized spacial score (nSPS) is 20.2. The van der Waals surface area contributed by atoms with Crippen molar-refractivity contribution in [3.05, 3.63) is 66.2 Å². The fourth-order valence-corrected chi connectivity index (χ4v) is 3.59. The number of para-hydroxylation sites is 1. The molecule has 4 nitrogen and oxygen atoms in total. The van der Waals surface area contributed by atoms with E-state index in [4.69, 9.17) is 9.47 Å². The predicted molar refractivity (Wildman–Crippen MR) is 102 cm³/mol. The van der Waals surface area contributed by atoms with Gasteiger partial charge in [-0.1, -0.05) is 48.5 Å². The maximum absolute atomic E-state index is 13.1. The molecule has 1 aliphatic rings. The van der Waals surface area contributed by atoms with Gasteiger partial charge in [-0.05, 0) is 51.3 Å². The summed E-state index contributed by atoms with van der Waals surface area (Å²) < 4.78 is 11.5. The molecule has 0 aliphatic carbocycles. The first-order valence-corrected chi connectivity index (χ1v) is 9.20. The van der Waals surface area contributed by atoms with Gasteiger partial charge in [0.1, 0.15) is 5.75 Å². The zero-order valence-electron chi connectivity index (χ0n) is 15.7. The lowest BCUT2D eigenvalue weighted by Gasteiger charge is -2.43. The van der Waals surface area contributed by atoms with Gasteiger partial charge in [-0.2, -0.15) is 0 Å². The smallest absolute Gasteiger partial charge is 0.410 e. The molecule has 1 fully saturated rings. The van der Waals surface area contributed by atoms with Gasteiger partial charge >= 0.3 is 6.09 Å². The summed E-state index contributed by atoms with van der Waals surface area (Å²) in [5, 5.41) is 0. The predicted octanol–water partition coefficient (Wildman–Crippen LogP) is 5.21. The van der Waals surface area contributed by atoms with Gasteiger partial charge < -0.3 is 9.47 Å². The summed E-state index contributed by atoms with van der Waals surface area (Å²) in [5.74, 6) is 0.564. The fourth-order valence-electron chi connectivity index (χ4n) is 3.59. The minimum absolute atomic E-state index is 0.0742. The monoisotopic (exact) mass is 353 g/mol. The Bertz CT molecular complexity index is 715. The van der Waals surface area contributed by atoms with Gasteiger partial charge in [0.2, 0.25) is 0 Å². The van der Waals surface area contributed by atoms with Crippen molar-refractivity contribution in [1.29, 1.82) is 0 Å². The van der Waals surface area contributed by atoms with Crippen molar-refractivity contribution in [2.24, 2.45) is 0 Å². The number of hydrogen-bond donors (Lipinski definition) is 0. The molecule has 2 aromatic rings. The van der Waals surface area contributed by atoms with Crippen LogP contribution in [-0.2, 0) is 4.74 Å². The molecular weight excluding hydrogens is 326 g/mol. The van der Waals surface area contributed by atoms with Gasteiger partial charge in [0, 0.05) is 12.6 Å². The highest BCUT2D eigenvalue weighted by Gasteiger charge is 2.37. The van der Waals surface area contributed by atoms with Crippen molar-refractivity contribution in [2.75, 3.05) is 6.61 Å². The van der Waals surface area contributed by atoms with E-state index in [0.717, 1.165) is 18.4 Å². The summed E-state index contributed by atoms with van der Waals surface area (Å²) in [6.07, 6.45) is 1.29. The Kier molecular flexibility index (Phi) is 5.62. The van der Waals surface area contributed by atoms with Crippen LogP contribution >= 0.6 is 0 Å². The number of carbonyl (C=O) groups is 1. The second kappa shape index (κ2) is 7.92. The van der Waals surface area contributed by atoms with Gasteiger partial charge in [0.05, 0.1) is 11.6 Å². The number of carbonyl (C=O) groups excluding carboxylic acids is 1. The molecule has 0 bridgehead atoms. The second-order valence-corrected chi connectivity index (χ2v) is 7.43. The third-order valence-corrected chi connectivity index (χ3v) is 4.92. The number of benzene rings is 2. The van der Waals surface area contributed by atoms with E-state index in [1.54, 1.807) is 12.1 Å². The van der Waals surface area contributed by atoms with Crippen LogP contribution in [0.5, 0.6) is 5.75 Å². The Morgan fingerprint density at radius 1 is 1.12 bits per heavy atom. The second-order valence-electron chi connectivity index (χ2n) is 7.43. The first-order chi connectivity index (χ1) is 12.5. The highest BCUT2D eigenvalue weighted by molar-refractivity contribution is 5.71. The molecule has 138 valence electrons. The standard InChI is InChI=1S/C22H27NO3/c1-17(18-10-6-4-7-11-18)23(19-14-15-25-22(2,3)16-19)21(24)26-20-12-8-5-9-13-20/h4-13,17,19H,14-16H2,1-3H3/t17-,19-/m1/s1. The highest BCUT2D eigenvalue weighted by atomic mass is 16.6. The molecule has 3 rings (SSSR count).